The summed E-state index contributed by atoms with van der Waals surface area (Å²) in [5.74, 6) is 0. The fraction of sp³-hybridized carbons (Fsp3) is 0.333. The molecule has 0 spiro atoms. The van der Waals surface area contributed by atoms with E-state index in [0.717, 1.165) is 6.54 Å². The molecule has 0 aliphatic carbocycles. The molecule has 0 saturated heterocycles. The molecule has 100 valence electrons. The van der Waals surface area contributed by atoms with E-state index in [4.69, 9.17) is 0 Å². The first-order chi connectivity index (χ1) is 9.06. The maximum absolute atomic E-state index is 3.59. The summed E-state index contributed by atoms with van der Waals surface area (Å²) in [6, 6.07) is 15.7. The highest BCUT2D eigenvalue weighted by atomic mass is 14.9. The molecule has 1 heteroatoms. The molecular formula is C18H23N. The summed E-state index contributed by atoms with van der Waals surface area (Å²) in [6.07, 6.45) is 0. The van der Waals surface area contributed by atoms with Crippen LogP contribution in [0.25, 0.3) is 0 Å². The first-order valence-corrected chi connectivity index (χ1v) is 6.92. The Morgan fingerprint density at radius 3 is 2.42 bits per heavy atom. The molecule has 0 fully saturated rings. The summed E-state index contributed by atoms with van der Waals surface area (Å²) in [7, 11) is 0. The van der Waals surface area contributed by atoms with Gasteiger partial charge in [-0.2, -0.15) is 0 Å². The van der Waals surface area contributed by atoms with E-state index in [2.05, 4.69) is 75.5 Å². The molecule has 1 atom stereocenters. The lowest BCUT2D eigenvalue weighted by molar-refractivity contribution is 0.574. The molecule has 0 saturated carbocycles. The van der Waals surface area contributed by atoms with Crippen LogP contribution in [0.5, 0.6) is 0 Å². The van der Waals surface area contributed by atoms with E-state index < -0.39 is 0 Å². The van der Waals surface area contributed by atoms with Gasteiger partial charge in [0.2, 0.25) is 0 Å². The Morgan fingerprint density at radius 2 is 1.74 bits per heavy atom. The van der Waals surface area contributed by atoms with Gasteiger partial charge < -0.3 is 5.32 Å². The molecule has 0 aliphatic rings. The van der Waals surface area contributed by atoms with Gasteiger partial charge in [0, 0.05) is 12.6 Å². The van der Waals surface area contributed by atoms with Crippen molar-refractivity contribution in [3.05, 3.63) is 70.3 Å². The van der Waals surface area contributed by atoms with Crippen LogP contribution < -0.4 is 5.32 Å². The molecule has 0 amide bonds. The van der Waals surface area contributed by atoms with E-state index in [1.165, 1.54) is 27.8 Å². The Morgan fingerprint density at radius 1 is 0.947 bits per heavy atom. The van der Waals surface area contributed by atoms with Crippen LogP contribution in [0.3, 0.4) is 0 Å². The van der Waals surface area contributed by atoms with Crippen LogP contribution in [-0.2, 0) is 6.54 Å². The van der Waals surface area contributed by atoms with Crippen LogP contribution in [-0.4, -0.2) is 0 Å². The first-order valence-electron chi connectivity index (χ1n) is 6.92. The van der Waals surface area contributed by atoms with E-state index >= 15 is 0 Å². The van der Waals surface area contributed by atoms with Crippen molar-refractivity contribution < 1.29 is 0 Å². The molecule has 0 aliphatic heterocycles. The highest BCUT2D eigenvalue weighted by molar-refractivity contribution is 5.30. The fourth-order valence-electron chi connectivity index (χ4n) is 2.24. The third-order valence-electron chi connectivity index (χ3n) is 3.73. The van der Waals surface area contributed by atoms with E-state index in [-0.39, 0.29) is 0 Å². The van der Waals surface area contributed by atoms with E-state index in [9.17, 15) is 0 Å². The lowest BCUT2D eigenvalue weighted by Crippen LogP contribution is -2.18. The van der Waals surface area contributed by atoms with Crippen molar-refractivity contribution in [2.75, 3.05) is 0 Å². The fourth-order valence-corrected chi connectivity index (χ4v) is 2.24. The topological polar surface area (TPSA) is 12.0 Å². The molecule has 0 aromatic heterocycles. The summed E-state index contributed by atoms with van der Waals surface area (Å²) in [5, 5.41) is 3.59. The molecule has 0 radical (unpaired) electrons. The summed E-state index contributed by atoms with van der Waals surface area (Å²) in [5.41, 5.74) is 6.74. The predicted molar refractivity (Wildman–Crippen MR) is 82.3 cm³/mol. The van der Waals surface area contributed by atoms with Crippen LogP contribution in [0.2, 0.25) is 0 Å². The third-order valence-corrected chi connectivity index (χ3v) is 3.73. The molecule has 2 aromatic carbocycles. The Bertz CT molecular complexity index is 557. The molecule has 0 heterocycles. The average molecular weight is 253 g/mol. The first kappa shape index (κ1) is 13.8. The van der Waals surface area contributed by atoms with Gasteiger partial charge >= 0.3 is 0 Å². The quantitative estimate of drug-likeness (QED) is 0.848. The van der Waals surface area contributed by atoms with Crippen LogP contribution in [0, 0.1) is 20.8 Å². The van der Waals surface area contributed by atoms with E-state index in [1.807, 2.05) is 0 Å². The van der Waals surface area contributed by atoms with Crippen molar-refractivity contribution in [2.24, 2.45) is 0 Å². The van der Waals surface area contributed by atoms with Crippen molar-refractivity contribution in [2.45, 2.75) is 40.3 Å². The number of benzene rings is 2. The zero-order valence-electron chi connectivity index (χ0n) is 12.3. The molecular weight excluding hydrogens is 230 g/mol. The summed E-state index contributed by atoms with van der Waals surface area (Å²) in [6.45, 7) is 9.59. The highest BCUT2D eigenvalue weighted by Crippen LogP contribution is 2.15. The maximum atomic E-state index is 3.59. The largest absolute Gasteiger partial charge is 0.306 e. The molecule has 1 N–H and O–H groups in total. The van der Waals surface area contributed by atoms with Crippen molar-refractivity contribution >= 4 is 0 Å². The summed E-state index contributed by atoms with van der Waals surface area (Å²) in [4.78, 5) is 0. The second-order valence-electron chi connectivity index (χ2n) is 5.44. The maximum Gasteiger partial charge on any atom is 0.0295 e. The predicted octanol–water partition coefficient (Wildman–Crippen LogP) is 4.46. The van der Waals surface area contributed by atoms with Crippen molar-refractivity contribution in [3.8, 4) is 0 Å². The van der Waals surface area contributed by atoms with Crippen molar-refractivity contribution in [1.29, 1.82) is 0 Å². The molecule has 0 unspecified atom stereocenters. The highest BCUT2D eigenvalue weighted by Gasteiger charge is 2.05. The van der Waals surface area contributed by atoms with E-state index in [0.29, 0.717) is 6.04 Å². The Balaban J connectivity index is 2.00. The van der Waals surface area contributed by atoms with Gasteiger partial charge in [-0.1, -0.05) is 48.0 Å². The lowest BCUT2D eigenvalue weighted by Gasteiger charge is -2.15. The minimum Gasteiger partial charge on any atom is -0.306 e. The molecule has 0 bridgehead atoms. The van der Waals surface area contributed by atoms with Gasteiger partial charge in [0.25, 0.3) is 0 Å². The van der Waals surface area contributed by atoms with E-state index in [1.54, 1.807) is 0 Å². The van der Waals surface area contributed by atoms with Crippen LogP contribution in [0.15, 0.2) is 42.5 Å². The average Bonchev–Trinajstić information content (AvgIpc) is 2.40. The second kappa shape index (κ2) is 6.03. The number of aryl methyl sites for hydroxylation is 3. The zero-order chi connectivity index (χ0) is 13.8. The molecule has 1 nitrogen and oxygen atoms in total. The number of hydrogen-bond acceptors (Lipinski definition) is 1. The van der Waals surface area contributed by atoms with Gasteiger partial charge in [-0.05, 0) is 49.9 Å². The lowest BCUT2D eigenvalue weighted by atomic mass is 10.0. The SMILES string of the molecule is Cc1cccc([C@H](C)NCc2ccc(C)c(C)c2)c1. The Kier molecular flexibility index (Phi) is 4.39. The van der Waals surface area contributed by atoms with Gasteiger partial charge in [-0.15, -0.1) is 0 Å². The summed E-state index contributed by atoms with van der Waals surface area (Å²) < 4.78 is 0. The number of rotatable bonds is 4. The molecule has 19 heavy (non-hydrogen) atoms. The normalized spacial score (nSPS) is 12.4. The smallest absolute Gasteiger partial charge is 0.0295 e. The summed E-state index contributed by atoms with van der Waals surface area (Å²) >= 11 is 0. The molecule has 2 aromatic rings. The second-order valence-corrected chi connectivity index (χ2v) is 5.44. The Labute approximate surface area is 116 Å². The van der Waals surface area contributed by atoms with Gasteiger partial charge in [-0.25, -0.2) is 0 Å². The van der Waals surface area contributed by atoms with Crippen molar-refractivity contribution in [1.82, 2.24) is 5.32 Å². The molecule has 2 rings (SSSR count). The van der Waals surface area contributed by atoms with Crippen LogP contribution in [0.1, 0.15) is 40.8 Å². The van der Waals surface area contributed by atoms with Gasteiger partial charge in [0.1, 0.15) is 0 Å². The standard InChI is InChI=1S/C18H23N/c1-13-6-5-7-18(10-13)16(4)19-12-17-9-8-14(2)15(3)11-17/h5-11,16,19H,12H2,1-4H3/t16-/m0/s1. The van der Waals surface area contributed by atoms with Gasteiger partial charge in [-0.3, -0.25) is 0 Å². The van der Waals surface area contributed by atoms with Crippen LogP contribution >= 0.6 is 0 Å². The van der Waals surface area contributed by atoms with Gasteiger partial charge in [0.05, 0.1) is 0 Å². The minimum atomic E-state index is 0.376. The van der Waals surface area contributed by atoms with Gasteiger partial charge in [0.15, 0.2) is 0 Å². The van der Waals surface area contributed by atoms with Crippen molar-refractivity contribution in [3.63, 3.8) is 0 Å². The minimum absolute atomic E-state index is 0.376. The third kappa shape index (κ3) is 3.68. The monoisotopic (exact) mass is 253 g/mol. The Hall–Kier alpha value is -1.60. The number of nitrogens with one attached hydrogen (secondary N) is 1. The number of hydrogen-bond donors (Lipinski definition) is 1. The zero-order valence-corrected chi connectivity index (χ0v) is 12.3. The van der Waals surface area contributed by atoms with Crippen LogP contribution in [0.4, 0.5) is 0 Å².